The predicted molar refractivity (Wildman–Crippen MR) is 83.1 cm³/mol. The minimum Gasteiger partial charge on any atom is -0.376 e. The predicted octanol–water partition coefficient (Wildman–Crippen LogP) is 0.929. The van der Waals surface area contributed by atoms with E-state index in [1.54, 1.807) is 11.1 Å². The number of ether oxygens (including phenoxy) is 1. The number of hydrogen-bond donors (Lipinski definition) is 1. The summed E-state index contributed by atoms with van der Waals surface area (Å²) >= 11 is 0. The van der Waals surface area contributed by atoms with E-state index in [9.17, 15) is 4.79 Å². The summed E-state index contributed by atoms with van der Waals surface area (Å²) in [5, 5.41) is 0. The van der Waals surface area contributed by atoms with Crippen LogP contribution in [0.15, 0.2) is 24.5 Å². The number of hydrogen-bond acceptors (Lipinski definition) is 4. The third-order valence-electron chi connectivity index (χ3n) is 4.77. The number of pyridine rings is 1. The van der Waals surface area contributed by atoms with E-state index in [2.05, 4.69) is 23.0 Å². The zero-order chi connectivity index (χ0) is 15.5. The standard InChI is InChI=1S/C16H24N4O2/c1-19(8-12-3-2-5-18-7-12)10-15-14-4-6-20(16(17)21)9-13(14)11-22-15/h2-3,5,7,13-15H,4,6,8-11H2,1H3,(H2,17,21)/t13-,14-,15+/m1/s1. The molecule has 0 unspecified atom stereocenters. The van der Waals surface area contributed by atoms with Crippen molar-refractivity contribution >= 4 is 6.03 Å². The fraction of sp³-hybridized carbons (Fsp3) is 0.625. The summed E-state index contributed by atoms with van der Waals surface area (Å²) < 4.78 is 6.00. The number of likely N-dealkylation sites (N-methyl/N-ethyl adjacent to an activating group) is 1. The molecular weight excluding hydrogens is 280 g/mol. The highest BCUT2D eigenvalue weighted by molar-refractivity contribution is 5.72. The maximum absolute atomic E-state index is 11.3. The molecule has 3 heterocycles. The van der Waals surface area contributed by atoms with Gasteiger partial charge in [0.2, 0.25) is 0 Å². The molecule has 0 bridgehead atoms. The molecule has 22 heavy (non-hydrogen) atoms. The number of aromatic nitrogens is 1. The monoisotopic (exact) mass is 304 g/mol. The average Bonchev–Trinajstić information content (AvgIpc) is 2.90. The fourth-order valence-corrected chi connectivity index (χ4v) is 3.65. The van der Waals surface area contributed by atoms with Crippen molar-refractivity contribution in [3.63, 3.8) is 0 Å². The highest BCUT2D eigenvalue weighted by atomic mass is 16.5. The number of amides is 2. The molecular formula is C16H24N4O2. The van der Waals surface area contributed by atoms with Gasteiger partial charge in [-0.15, -0.1) is 0 Å². The number of nitrogens with two attached hydrogens (primary N) is 1. The molecule has 2 N–H and O–H groups in total. The van der Waals surface area contributed by atoms with Crippen LogP contribution in [-0.4, -0.2) is 60.2 Å². The van der Waals surface area contributed by atoms with Crippen LogP contribution in [0.5, 0.6) is 0 Å². The Morgan fingerprint density at radius 2 is 2.45 bits per heavy atom. The van der Waals surface area contributed by atoms with E-state index in [0.717, 1.165) is 39.2 Å². The van der Waals surface area contributed by atoms with Crippen LogP contribution in [0.25, 0.3) is 0 Å². The van der Waals surface area contributed by atoms with Crippen LogP contribution in [0.3, 0.4) is 0 Å². The third-order valence-corrected chi connectivity index (χ3v) is 4.77. The van der Waals surface area contributed by atoms with Gasteiger partial charge in [0.05, 0.1) is 12.7 Å². The fourth-order valence-electron chi connectivity index (χ4n) is 3.65. The molecule has 2 aliphatic rings. The van der Waals surface area contributed by atoms with E-state index in [4.69, 9.17) is 10.5 Å². The van der Waals surface area contributed by atoms with Crippen molar-refractivity contribution in [3.05, 3.63) is 30.1 Å². The van der Waals surface area contributed by atoms with E-state index in [0.29, 0.717) is 11.8 Å². The van der Waals surface area contributed by atoms with Gasteiger partial charge >= 0.3 is 6.03 Å². The summed E-state index contributed by atoms with van der Waals surface area (Å²) in [4.78, 5) is 19.5. The number of urea groups is 1. The Morgan fingerprint density at radius 3 is 3.18 bits per heavy atom. The Kier molecular flexibility index (Phi) is 4.59. The molecule has 0 saturated carbocycles. The van der Waals surface area contributed by atoms with Crippen LogP contribution < -0.4 is 5.73 Å². The lowest BCUT2D eigenvalue weighted by Gasteiger charge is -2.35. The Bertz CT molecular complexity index is 510. The first-order valence-corrected chi connectivity index (χ1v) is 7.87. The molecule has 1 aromatic rings. The molecule has 3 rings (SSSR count). The highest BCUT2D eigenvalue weighted by Gasteiger charge is 2.41. The molecule has 6 heteroatoms. The molecule has 2 fully saturated rings. The van der Waals surface area contributed by atoms with Crippen molar-refractivity contribution in [2.45, 2.75) is 19.1 Å². The van der Waals surface area contributed by atoms with E-state index in [1.807, 2.05) is 12.3 Å². The maximum Gasteiger partial charge on any atom is 0.314 e. The number of carbonyl (C=O) groups is 1. The molecule has 2 saturated heterocycles. The molecule has 0 radical (unpaired) electrons. The molecule has 0 aromatic carbocycles. The lowest BCUT2D eigenvalue weighted by molar-refractivity contribution is 0.0565. The summed E-state index contributed by atoms with van der Waals surface area (Å²) in [6.45, 7) is 4.01. The van der Waals surface area contributed by atoms with Gasteiger partial charge in [0, 0.05) is 44.5 Å². The second-order valence-electron chi connectivity index (χ2n) is 6.43. The number of nitrogens with zero attached hydrogens (tertiary/aromatic N) is 3. The lowest BCUT2D eigenvalue weighted by Crippen LogP contribution is -2.47. The van der Waals surface area contributed by atoms with Crippen molar-refractivity contribution in [2.75, 3.05) is 33.3 Å². The average molecular weight is 304 g/mol. The number of carbonyl (C=O) groups excluding carboxylic acids is 1. The molecule has 1 aromatic heterocycles. The number of piperidine rings is 1. The van der Waals surface area contributed by atoms with Crippen LogP contribution >= 0.6 is 0 Å². The topological polar surface area (TPSA) is 71.7 Å². The molecule has 6 nitrogen and oxygen atoms in total. The SMILES string of the molecule is CN(Cc1cccnc1)C[C@@H]1OC[C@H]2CN(C(N)=O)CC[C@H]21. The van der Waals surface area contributed by atoms with Crippen molar-refractivity contribution in [1.82, 2.24) is 14.8 Å². The largest absolute Gasteiger partial charge is 0.376 e. The molecule has 3 atom stereocenters. The van der Waals surface area contributed by atoms with Crippen LogP contribution in [0.1, 0.15) is 12.0 Å². The van der Waals surface area contributed by atoms with E-state index in [-0.39, 0.29) is 12.1 Å². The van der Waals surface area contributed by atoms with Gasteiger partial charge in [-0.3, -0.25) is 9.88 Å². The molecule has 120 valence electrons. The Morgan fingerprint density at radius 1 is 1.59 bits per heavy atom. The first kappa shape index (κ1) is 15.2. The van der Waals surface area contributed by atoms with Gasteiger partial charge in [-0.1, -0.05) is 6.07 Å². The zero-order valence-electron chi connectivity index (χ0n) is 13.0. The lowest BCUT2D eigenvalue weighted by atomic mass is 9.84. The highest BCUT2D eigenvalue weighted by Crippen LogP contribution is 2.34. The van der Waals surface area contributed by atoms with Crippen LogP contribution in [0.2, 0.25) is 0 Å². The molecule has 2 aliphatic heterocycles. The molecule has 0 aliphatic carbocycles. The van der Waals surface area contributed by atoms with E-state index < -0.39 is 0 Å². The summed E-state index contributed by atoms with van der Waals surface area (Å²) in [7, 11) is 2.11. The van der Waals surface area contributed by atoms with Gasteiger partial charge in [-0.2, -0.15) is 0 Å². The van der Waals surface area contributed by atoms with Crippen LogP contribution in [0.4, 0.5) is 4.79 Å². The van der Waals surface area contributed by atoms with Crippen molar-refractivity contribution in [1.29, 1.82) is 0 Å². The van der Waals surface area contributed by atoms with Crippen LogP contribution in [0, 0.1) is 11.8 Å². The van der Waals surface area contributed by atoms with E-state index in [1.165, 1.54) is 5.56 Å². The Balaban J connectivity index is 1.53. The Hall–Kier alpha value is -1.66. The summed E-state index contributed by atoms with van der Waals surface area (Å²) in [5.74, 6) is 0.963. The molecule has 2 amide bonds. The minimum absolute atomic E-state index is 0.252. The minimum atomic E-state index is -0.310. The Labute approximate surface area is 131 Å². The maximum atomic E-state index is 11.3. The normalized spacial score (nSPS) is 27.9. The smallest absolute Gasteiger partial charge is 0.314 e. The molecule has 0 spiro atoms. The zero-order valence-corrected chi connectivity index (χ0v) is 13.0. The number of primary amides is 1. The number of fused-ring (bicyclic) bond motifs is 1. The van der Waals surface area contributed by atoms with E-state index >= 15 is 0 Å². The van der Waals surface area contributed by atoms with Gasteiger partial charge in [-0.05, 0) is 31.0 Å². The van der Waals surface area contributed by atoms with Gasteiger partial charge in [0.25, 0.3) is 0 Å². The van der Waals surface area contributed by atoms with Gasteiger partial charge < -0.3 is 15.4 Å². The summed E-state index contributed by atoms with van der Waals surface area (Å²) in [6.07, 6.45) is 4.93. The van der Waals surface area contributed by atoms with Gasteiger partial charge in [-0.25, -0.2) is 4.79 Å². The first-order valence-electron chi connectivity index (χ1n) is 7.87. The van der Waals surface area contributed by atoms with Gasteiger partial charge in [0.15, 0.2) is 0 Å². The summed E-state index contributed by atoms with van der Waals surface area (Å²) in [5.41, 5.74) is 6.59. The van der Waals surface area contributed by atoms with Crippen LogP contribution in [-0.2, 0) is 11.3 Å². The third kappa shape index (κ3) is 3.39. The quantitative estimate of drug-likeness (QED) is 0.898. The second kappa shape index (κ2) is 6.62. The van der Waals surface area contributed by atoms with Crippen molar-refractivity contribution < 1.29 is 9.53 Å². The number of likely N-dealkylation sites (tertiary alicyclic amines) is 1. The number of rotatable bonds is 4. The van der Waals surface area contributed by atoms with Crippen molar-refractivity contribution in [2.24, 2.45) is 17.6 Å². The van der Waals surface area contributed by atoms with Crippen molar-refractivity contribution in [3.8, 4) is 0 Å². The summed E-state index contributed by atoms with van der Waals surface area (Å²) in [6, 6.07) is 3.74. The first-order chi connectivity index (χ1) is 10.6. The van der Waals surface area contributed by atoms with Gasteiger partial charge in [0.1, 0.15) is 0 Å². The second-order valence-corrected chi connectivity index (χ2v) is 6.43.